The molecule has 0 saturated carbocycles. The summed E-state index contributed by atoms with van der Waals surface area (Å²) < 4.78 is 11.3. The predicted molar refractivity (Wildman–Crippen MR) is 127 cm³/mol. The monoisotopic (exact) mass is 462 g/mol. The van der Waals surface area contributed by atoms with Crippen LogP contribution in [0.5, 0.6) is 5.75 Å². The zero-order valence-electron chi connectivity index (χ0n) is 19.8. The molecule has 1 N–H and O–H groups in total. The van der Waals surface area contributed by atoms with E-state index < -0.39 is 23.5 Å². The molecule has 1 amide bonds. The third kappa shape index (κ3) is 4.43. The molecule has 3 aromatic rings. The highest BCUT2D eigenvalue weighted by atomic mass is 16.5. The fraction of sp³-hybridized carbons (Fsp3) is 0.333. The molecule has 1 aliphatic rings. The number of carbonyl (C=O) groups is 2. The molecule has 0 spiro atoms. The number of hydrogen-bond acceptors (Lipinski definition) is 5. The number of Topliss-reactive ketones (excluding diaryl/α,β-unsaturated/α-hetero) is 1. The summed E-state index contributed by atoms with van der Waals surface area (Å²) in [5.74, 6) is -1.22. The highest BCUT2D eigenvalue weighted by Gasteiger charge is 2.40. The lowest BCUT2D eigenvalue weighted by Crippen LogP contribution is -3.12. The van der Waals surface area contributed by atoms with Crippen LogP contribution in [0.25, 0.3) is 11.0 Å². The maximum absolute atomic E-state index is 13.6. The van der Waals surface area contributed by atoms with Crippen LogP contribution < -0.4 is 14.7 Å². The Morgan fingerprint density at radius 2 is 1.79 bits per heavy atom. The molecule has 0 radical (unpaired) electrons. The van der Waals surface area contributed by atoms with E-state index in [0.717, 1.165) is 18.5 Å². The van der Waals surface area contributed by atoms with Gasteiger partial charge >= 0.3 is 0 Å². The second-order valence-electron chi connectivity index (χ2n) is 8.33. The first kappa shape index (κ1) is 23.6. The summed E-state index contributed by atoms with van der Waals surface area (Å²) in [4.78, 5) is 29.5. The Labute approximate surface area is 199 Å². The fourth-order valence-electron chi connectivity index (χ4n) is 4.47. The standard InChI is InChI=1S/C27H30N2O5/c1-4-28(5-2)15-16-29-24(18-11-13-20(14-12-18)33-6-3)23(26(31)27(29)32)25(30)22-17-19-9-7-8-10-21(19)34-22/h7-14,17,24,31H,4-6,15-16H2,1-3H3. The summed E-state index contributed by atoms with van der Waals surface area (Å²) in [5, 5.41) is 13.9. The van der Waals surface area contributed by atoms with Gasteiger partial charge in [0.15, 0.2) is 5.76 Å². The van der Waals surface area contributed by atoms with Crippen molar-refractivity contribution in [3.63, 3.8) is 0 Å². The number of amides is 1. The van der Waals surface area contributed by atoms with Gasteiger partial charge in [0.2, 0.25) is 11.7 Å². The first-order chi connectivity index (χ1) is 16.5. The molecule has 7 nitrogen and oxygen atoms in total. The van der Waals surface area contributed by atoms with Gasteiger partial charge in [0.25, 0.3) is 0 Å². The minimum absolute atomic E-state index is 0.0597. The molecule has 178 valence electrons. The number of fused-ring (bicyclic) bond motifs is 1. The van der Waals surface area contributed by atoms with E-state index in [0.29, 0.717) is 36.6 Å². The molecule has 0 aliphatic carbocycles. The van der Waals surface area contributed by atoms with Crippen molar-refractivity contribution in [2.45, 2.75) is 26.8 Å². The highest BCUT2D eigenvalue weighted by Crippen LogP contribution is 2.39. The van der Waals surface area contributed by atoms with Gasteiger partial charge in [-0.25, -0.2) is 0 Å². The van der Waals surface area contributed by atoms with Gasteiger partial charge in [-0.15, -0.1) is 0 Å². The quantitative estimate of drug-likeness (QED) is 0.467. The summed E-state index contributed by atoms with van der Waals surface area (Å²) in [6.45, 7) is 9.48. The van der Waals surface area contributed by atoms with Crippen LogP contribution in [0.1, 0.15) is 42.9 Å². The maximum Gasteiger partial charge on any atom is 0.240 e. The number of para-hydroxylation sites is 1. The van der Waals surface area contributed by atoms with Crippen LogP contribution in [0.4, 0.5) is 0 Å². The van der Waals surface area contributed by atoms with Gasteiger partial charge in [-0.3, -0.25) is 9.59 Å². The van der Waals surface area contributed by atoms with Crippen molar-refractivity contribution >= 4 is 22.7 Å². The number of ether oxygens (including phenoxy) is 1. The van der Waals surface area contributed by atoms with Crippen molar-refractivity contribution < 1.29 is 28.7 Å². The summed E-state index contributed by atoms with van der Waals surface area (Å²) in [5.41, 5.74) is 1.18. The number of rotatable bonds is 10. The molecule has 2 aromatic carbocycles. The number of carbonyl (C=O) groups excluding carboxylic acids is 2. The SMILES string of the molecule is CCOc1ccc(C2C(C(=O)c3cc4ccccc4o3)=C([O-])C(=O)N2CC[NH+](CC)CC)cc1. The average molecular weight is 463 g/mol. The van der Waals surface area contributed by atoms with Crippen molar-refractivity contribution in [2.75, 3.05) is 32.8 Å². The Kier molecular flexibility index (Phi) is 7.03. The Morgan fingerprint density at radius 1 is 1.09 bits per heavy atom. The Balaban J connectivity index is 1.73. The van der Waals surface area contributed by atoms with Crippen molar-refractivity contribution in [1.82, 2.24) is 4.90 Å². The molecule has 1 aromatic heterocycles. The van der Waals surface area contributed by atoms with Crippen LogP contribution in [0.15, 0.2) is 70.3 Å². The second kappa shape index (κ2) is 10.1. The van der Waals surface area contributed by atoms with Gasteiger partial charge in [-0.05, 0) is 56.4 Å². The Bertz CT molecular complexity index is 1170. The summed E-state index contributed by atoms with van der Waals surface area (Å²) >= 11 is 0. The van der Waals surface area contributed by atoms with Crippen molar-refractivity contribution in [2.24, 2.45) is 0 Å². The first-order valence-corrected chi connectivity index (χ1v) is 11.8. The van der Waals surface area contributed by atoms with Gasteiger partial charge in [0, 0.05) is 11.0 Å². The van der Waals surface area contributed by atoms with Crippen LogP contribution in [0.2, 0.25) is 0 Å². The van der Waals surface area contributed by atoms with Gasteiger partial charge < -0.3 is 24.1 Å². The van der Waals surface area contributed by atoms with E-state index in [9.17, 15) is 14.7 Å². The molecule has 34 heavy (non-hydrogen) atoms. The van der Waals surface area contributed by atoms with Crippen LogP contribution in [0, 0.1) is 0 Å². The highest BCUT2D eigenvalue weighted by molar-refractivity contribution is 6.15. The molecular formula is C27H30N2O5. The molecular weight excluding hydrogens is 432 g/mol. The smallest absolute Gasteiger partial charge is 0.240 e. The molecule has 4 rings (SSSR count). The lowest BCUT2D eigenvalue weighted by Gasteiger charge is -2.29. The fourth-order valence-corrected chi connectivity index (χ4v) is 4.47. The third-order valence-electron chi connectivity index (χ3n) is 6.39. The average Bonchev–Trinajstić information content (AvgIpc) is 3.40. The zero-order valence-corrected chi connectivity index (χ0v) is 19.8. The summed E-state index contributed by atoms with van der Waals surface area (Å²) in [6, 6.07) is 15.3. The second-order valence-corrected chi connectivity index (χ2v) is 8.33. The van der Waals surface area contributed by atoms with Gasteiger partial charge in [0.05, 0.1) is 38.8 Å². The number of likely N-dealkylation sites (N-methyl/N-ethyl adjacent to an activating group) is 1. The minimum atomic E-state index is -0.772. The van der Waals surface area contributed by atoms with Gasteiger partial charge in [-0.1, -0.05) is 30.3 Å². The number of quaternary nitrogens is 1. The van der Waals surface area contributed by atoms with E-state index >= 15 is 0 Å². The van der Waals surface area contributed by atoms with Crippen molar-refractivity contribution in [1.29, 1.82) is 0 Å². The van der Waals surface area contributed by atoms with Crippen LogP contribution in [-0.4, -0.2) is 49.4 Å². The lowest BCUT2D eigenvalue weighted by molar-refractivity contribution is -0.895. The molecule has 0 bridgehead atoms. The van der Waals surface area contributed by atoms with Crippen molar-refractivity contribution in [3.05, 3.63) is 77.3 Å². The number of hydrogen-bond donors (Lipinski definition) is 1. The van der Waals surface area contributed by atoms with E-state index in [4.69, 9.17) is 9.15 Å². The van der Waals surface area contributed by atoms with Gasteiger partial charge in [-0.2, -0.15) is 0 Å². The summed E-state index contributed by atoms with van der Waals surface area (Å²) in [6.07, 6.45) is 0. The van der Waals surface area contributed by atoms with E-state index in [2.05, 4.69) is 13.8 Å². The van der Waals surface area contributed by atoms with E-state index in [1.165, 1.54) is 9.80 Å². The number of nitrogens with one attached hydrogen (secondary N) is 1. The van der Waals surface area contributed by atoms with Crippen LogP contribution >= 0.6 is 0 Å². The van der Waals surface area contributed by atoms with E-state index in [-0.39, 0.29) is 11.3 Å². The summed E-state index contributed by atoms with van der Waals surface area (Å²) in [7, 11) is 0. The van der Waals surface area contributed by atoms with Crippen LogP contribution in [0.3, 0.4) is 0 Å². The Hall–Kier alpha value is -3.58. The molecule has 1 aliphatic heterocycles. The zero-order chi connectivity index (χ0) is 24.2. The molecule has 7 heteroatoms. The molecule has 2 heterocycles. The molecule has 1 atom stereocenters. The van der Waals surface area contributed by atoms with Crippen LogP contribution in [-0.2, 0) is 4.79 Å². The maximum atomic E-state index is 13.6. The predicted octanol–water partition coefficient (Wildman–Crippen LogP) is 2.14. The normalized spacial score (nSPS) is 16.2. The minimum Gasteiger partial charge on any atom is -0.868 e. The third-order valence-corrected chi connectivity index (χ3v) is 6.39. The number of ketones is 1. The topological polar surface area (TPSA) is 87.2 Å². The van der Waals surface area contributed by atoms with Crippen molar-refractivity contribution in [3.8, 4) is 5.75 Å². The van der Waals surface area contributed by atoms with E-state index in [1.54, 1.807) is 24.3 Å². The number of nitrogens with zero attached hydrogens (tertiary/aromatic N) is 1. The number of furan rings is 1. The lowest BCUT2D eigenvalue weighted by atomic mass is 9.95. The molecule has 0 saturated heterocycles. The molecule has 0 fully saturated rings. The first-order valence-electron chi connectivity index (χ1n) is 11.8. The molecule has 1 unspecified atom stereocenters. The van der Waals surface area contributed by atoms with Gasteiger partial charge in [0.1, 0.15) is 11.3 Å². The Morgan fingerprint density at radius 3 is 2.44 bits per heavy atom. The largest absolute Gasteiger partial charge is 0.868 e. The number of benzene rings is 2. The van der Waals surface area contributed by atoms with E-state index in [1.807, 2.05) is 37.3 Å².